The van der Waals surface area contributed by atoms with Crippen LogP contribution in [0.4, 0.5) is 22.4 Å². The second-order valence-electron chi connectivity index (χ2n) is 4.94. The molecular formula is C15H20F4N2O3. The van der Waals surface area contributed by atoms with Crippen molar-refractivity contribution in [3.63, 3.8) is 0 Å². The van der Waals surface area contributed by atoms with Gasteiger partial charge in [0.05, 0.1) is 18.8 Å². The number of alkyl halides is 3. The molecule has 0 fully saturated rings. The molecule has 0 aliphatic heterocycles. The molecule has 0 saturated heterocycles. The molecule has 1 aromatic rings. The number of rotatable bonds is 8. The number of halogens is 4. The Hall–Kier alpha value is -1.87. The first kappa shape index (κ1) is 20.2. The van der Waals surface area contributed by atoms with Crippen LogP contribution in [0.2, 0.25) is 0 Å². The number of hydrogen-bond donors (Lipinski definition) is 1. The van der Waals surface area contributed by atoms with Crippen molar-refractivity contribution < 1.29 is 31.8 Å². The molecule has 0 aliphatic carbocycles. The van der Waals surface area contributed by atoms with Crippen LogP contribution in [0.15, 0.2) is 18.2 Å². The maximum absolute atomic E-state index is 13.6. The minimum atomic E-state index is -4.57. The monoisotopic (exact) mass is 352 g/mol. The summed E-state index contributed by atoms with van der Waals surface area (Å²) in [5, 5.41) is 2.40. The normalized spacial score (nSPS) is 11.4. The summed E-state index contributed by atoms with van der Waals surface area (Å²) in [4.78, 5) is 13.5. The fourth-order valence-electron chi connectivity index (χ4n) is 1.89. The van der Waals surface area contributed by atoms with Crippen LogP contribution in [-0.2, 0) is 22.2 Å². The van der Waals surface area contributed by atoms with Gasteiger partial charge in [0.25, 0.3) is 0 Å². The SMILES string of the molecule is COCCN(CCOC)C(=O)NCc1cc(C(F)(F)F)ccc1F. The Morgan fingerprint density at radius 2 is 1.75 bits per heavy atom. The molecule has 0 unspecified atom stereocenters. The number of hydrogen-bond acceptors (Lipinski definition) is 3. The Morgan fingerprint density at radius 1 is 1.17 bits per heavy atom. The van der Waals surface area contributed by atoms with E-state index in [0.29, 0.717) is 12.1 Å². The summed E-state index contributed by atoms with van der Waals surface area (Å²) in [6.45, 7) is 0.767. The van der Waals surface area contributed by atoms with Crippen molar-refractivity contribution in [2.45, 2.75) is 12.7 Å². The Balaban J connectivity index is 2.73. The van der Waals surface area contributed by atoms with Crippen LogP contribution < -0.4 is 5.32 Å². The smallest absolute Gasteiger partial charge is 0.383 e. The van der Waals surface area contributed by atoms with Gasteiger partial charge in [-0.2, -0.15) is 13.2 Å². The van der Waals surface area contributed by atoms with E-state index in [4.69, 9.17) is 9.47 Å². The number of ether oxygens (including phenoxy) is 2. The zero-order valence-corrected chi connectivity index (χ0v) is 13.5. The third-order valence-corrected chi connectivity index (χ3v) is 3.22. The Labute approximate surface area is 137 Å². The van der Waals surface area contributed by atoms with Crippen molar-refractivity contribution >= 4 is 6.03 Å². The minimum Gasteiger partial charge on any atom is -0.383 e. The van der Waals surface area contributed by atoms with Crippen LogP contribution in [0.25, 0.3) is 0 Å². The Bertz CT molecular complexity index is 530. The third-order valence-electron chi connectivity index (χ3n) is 3.22. The predicted octanol–water partition coefficient (Wildman–Crippen LogP) is 2.65. The number of carbonyl (C=O) groups excluding carboxylic acids is 1. The van der Waals surface area contributed by atoms with Crippen LogP contribution >= 0.6 is 0 Å². The molecule has 24 heavy (non-hydrogen) atoms. The fraction of sp³-hybridized carbons (Fsp3) is 0.533. The average Bonchev–Trinajstić information content (AvgIpc) is 2.52. The number of nitrogens with one attached hydrogen (secondary N) is 1. The predicted molar refractivity (Wildman–Crippen MR) is 79.0 cm³/mol. The second kappa shape index (κ2) is 9.43. The number of benzene rings is 1. The highest BCUT2D eigenvalue weighted by Crippen LogP contribution is 2.30. The molecule has 0 saturated carbocycles. The van der Waals surface area contributed by atoms with Gasteiger partial charge in [0.2, 0.25) is 0 Å². The van der Waals surface area contributed by atoms with Gasteiger partial charge in [-0.3, -0.25) is 0 Å². The van der Waals surface area contributed by atoms with Crippen LogP contribution in [0.1, 0.15) is 11.1 Å². The summed E-state index contributed by atoms with van der Waals surface area (Å²) >= 11 is 0. The Kier molecular flexibility index (Phi) is 7.93. The first-order valence-electron chi connectivity index (χ1n) is 7.16. The van der Waals surface area contributed by atoms with E-state index in [1.54, 1.807) is 0 Å². The quantitative estimate of drug-likeness (QED) is 0.732. The summed E-state index contributed by atoms with van der Waals surface area (Å²) in [6.07, 6.45) is -4.57. The third kappa shape index (κ3) is 6.32. The van der Waals surface area contributed by atoms with Gasteiger partial charge in [0.1, 0.15) is 5.82 Å². The van der Waals surface area contributed by atoms with Gasteiger partial charge in [-0.1, -0.05) is 0 Å². The van der Waals surface area contributed by atoms with E-state index in [1.165, 1.54) is 19.1 Å². The summed E-state index contributed by atoms with van der Waals surface area (Å²) in [7, 11) is 2.95. The van der Waals surface area contributed by atoms with Gasteiger partial charge < -0.3 is 19.7 Å². The van der Waals surface area contributed by atoms with Crippen LogP contribution in [0.5, 0.6) is 0 Å². The van der Waals surface area contributed by atoms with Gasteiger partial charge in [-0.15, -0.1) is 0 Å². The summed E-state index contributed by atoms with van der Waals surface area (Å²) in [6, 6.07) is 1.53. The molecule has 0 heterocycles. The summed E-state index contributed by atoms with van der Waals surface area (Å²) in [5.74, 6) is -0.816. The lowest BCUT2D eigenvalue weighted by atomic mass is 10.1. The average molecular weight is 352 g/mol. The molecule has 136 valence electrons. The lowest BCUT2D eigenvalue weighted by Crippen LogP contribution is -2.43. The number of amides is 2. The van der Waals surface area contributed by atoms with Crippen molar-refractivity contribution in [2.75, 3.05) is 40.5 Å². The van der Waals surface area contributed by atoms with Crippen molar-refractivity contribution in [3.8, 4) is 0 Å². The molecule has 0 aliphatic rings. The number of carbonyl (C=O) groups is 1. The van der Waals surface area contributed by atoms with Crippen LogP contribution in [0.3, 0.4) is 0 Å². The zero-order valence-electron chi connectivity index (χ0n) is 13.5. The topological polar surface area (TPSA) is 50.8 Å². The molecule has 1 N–H and O–H groups in total. The standard InChI is InChI=1S/C15H20F4N2O3/c1-23-7-5-21(6-8-24-2)14(22)20-10-11-9-12(15(17,18)19)3-4-13(11)16/h3-4,9H,5-8,10H2,1-2H3,(H,20,22). The van der Waals surface area contributed by atoms with E-state index in [2.05, 4.69) is 5.32 Å². The van der Waals surface area contributed by atoms with E-state index in [1.807, 2.05) is 0 Å². The first-order chi connectivity index (χ1) is 11.3. The van der Waals surface area contributed by atoms with E-state index in [9.17, 15) is 22.4 Å². The van der Waals surface area contributed by atoms with E-state index in [-0.39, 0.29) is 38.4 Å². The molecule has 1 aromatic carbocycles. The van der Waals surface area contributed by atoms with Gasteiger partial charge in [0.15, 0.2) is 0 Å². The van der Waals surface area contributed by atoms with Crippen LogP contribution in [-0.4, -0.2) is 51.5 Å². The molecule has 5 nitrogen and oxygen atoms in total. The van der Waals surface area contributed by atoms with E-state index < -0.39 is 23.6 Å². The van der Waals surface area contributed by atoms with Crippen molar-refractivity contribution in [1.82, 2.24) is 10.2 Å². The minimum absolute atomic E-state index is 0.239. The molecular weight excluding hydrogens is 332 g/mol. The number of methoxy groups -OCH3 is 2. The van der Waals surface area contributed by atoms with E-state index >= 15 is 0 Å². The van der Waals surface area contributed by atoms with E-state index in [0.717, 1.165) is 6.07 Å². The number of urea groups is 1. The van der Waals surface area contributed by atoms with Crippen molar-refractivity contribution in [1.29, 1.82) is 0 Å². The second-order valence-corrected chi connectivity index (χ2v) is 4.94. The molecule has 2 amide bonds. The maximum atomic E-state index is 13.6. The fourth-order valence-corrected chi connectivity index (χ4v) is 1.89. The summed E-state index contributed by atoms with van der Waals surface area (Å²) in [5.41, 5.74) is -1.21. The highest BCUT2D eigenvalue weighted by Gasteiger charge is 2.31. The molecule has 0 spiro atoms. The highest BCUT2D eigenvalue weighted by molar-refractivity contribution is 5.74. The molecule has 0 atom stereocenters. The molecule has 0 radical (unpaired) electrons. The van der Waals surface area contributed by atoms with Crippen molar-refractivity contribution in [3.05, 3.63) is 35.1 Å². The lowest BCUT2D eigenvalue weighted by Gasteiger charge is -2.22. The lowest BCUT2D eigenvalue weighted by molar-refractivity contribution is -0.137. The summed E-state index contributed by atoms with van der Waals surface area (Å²) < 4.78 is 61.4. The Morgan fingerprint density at radius 3 is 2.25 bits per heavy atom. The maximum Gasteiger partial charge on any atom is 0.416 e. The highest BCUT2D eigenvalue weighted by atomic mass is 19.4. The van der Waals surface area contributed by atoms with Gasteiger partial charge in [0, 0.05) is 39.4 Å². The van der Waals surface area contributed by atoms with Gasteiger partial charge >= 0.3 is 12.2 Å². The molecule has 1 rings (SSSR count). The number of nitrogens with zero attached hydrogens (tertiary/aromatic N) is 1. The van der Waals surface area contributed by atoms with Gasteiger partial charge in [-0.05, 0) is 18.2 Å². The molecule has 0 aromatic heterocycles. The van der Waals surface area contributed by atoms with Crippen molar-refractivity contribution in [2.24, 2.45) is 0 Å². The largest absolute Gasteiger partial charge is 0.416 e. The first-order valence-corrected chi connectivity index (χ1v) is 7.16. The zero-order chi connectivity index (χ0) is 18.2. The van der Waals surface area contributed by atoms with Gasteiger partial charge in [-0.25, -0.2) is 9.18 Å². The molecule has 9 heteroatoms. The molecule has 0 bridgehead atoms. The van der Waals surface area contributed by atoms with Crippen LogP contribution in [0, 0.1) is 5.82 Å².